The molecular weight excluding hydrogens is 324 g/mol. The third-order valence-corrected chi connectivity index (χ3v) is 4.38. The quantitative estimate of drug-likeness (QED) is 0.469. The van der Waals surface area contributed by atoms with Gasteiger partial charge in [-0.2, -0.15) is 0 Å². The first-order chi connectivity index (χ1) is 12.6. The van der Waals surface area contributed by atoms with E-state index in [2.05, 4.69) is 23.9 Å². The number of hydrogen-bond acceptors (Lipinski definition) is 2. The van der Waals surface area contributed by atoms with Crippen molar-refractivity contribution in [2.75, 3.05) is 6.61 Å². The van der Waals surface area contributed by atoms with Crippen LogP contribution in [-0.4, -0.2) is 17.1 Å². The Morgan fingerprint density at radius 2 is 1.77 bits per heavy atom. The molecule has 3 rings (SSSR count). The molecule has 0 saturated carbocycles. The van der Waals surface area contributed by atoms with Gasteiger partial charge in [0, 0.05) is 18.8 Å². The van der Waals surface area contributed by atoms with Gasteiger partial charge in [0.25, 0.3) is 0 Å². The first-order valence-corrected chi connectivity index (χ1v) is 8.47. The molecule has 4 nitrogen and oxygen atoms in total. The number of aryl methyl sites for hydroxylation is 2. The summed E-state index contributed by atoms with van der Waals surface area (Å²) in [5.41, 5.74) is 5.77. The Bertz CT molecular complexity index is 992. The normalized spacial score (nSPS) is 10.4. The Balaban J connectivity index is 2.09. The highest BCUT2D eigenvalue weighted by Gasteiger charge is 2.22. The van der Waals surface area contributed by atoms with Crippen LogP contribution in [0.4, 0.5) is 5.69 Å². The van der Waals surface area contributed by atoms with Gasteiger partial charge in [-0.05, 0) is 36.1 Å². The molecule has 130 valence electrons. The summed E-state index contributed by atoms with van der Waals surface area (Å²) in [6.45, 7) is 11.6. The molecule has 0 saturated heterocycles. The van der Waals surface area contributed by atoms with Gasteiger partial charge >= 0.3 is 5.97 Å². The zero-order valence-corrected chi connectivity index (χ0v) is 15.1. The summed E-state index contributed by atoms with van der Waals surface area (Å²) in [5, 5.41) is 0. The fourth-order valence-corrected chi connectivity index (χ4v) is 3.14. The van der Waals surface area contributed by atoms with Crippen LogP contribution in [0.1, 0.15) is 23.0 Å². The minimum absolute atomic E-state index is 0.295. The van der Waals surface area contributed by atoms with Crippen molar-refractivity contribution in [1.29, 1.82) is 0 Å². The maximum Gasteiger partial charge on any atom is 0.354 e. The van der Waals surface area contributed by atoms with Crippen molar-refractivity contribution < 1.29 is 9.53 Å². The zero-order chi connectivity index (χ0) is 18.7. The van der Waals surface area contributed by atoms with E-state index in [1.54, 1.807) is 24.7 Å². The summed E-state index contributed by atoms with van der Waals surface area (Å²) in [6.07, 6.45) is 1.67. The Morgan fingerprint density at radius 3 is 2.38 bits per heavy atom. The van der Waals surface area contributed by atoms with Crippen molar-refractivity contribution in [2.45, 2.75) is 13.8 Å². The average Bonchev–Trinajstić information content (AvgIpc) is 2.99. The molecule has 0 bridgehead atoms. The number of ether oxygens (including phenoxy) is 1. The van der Waals surface area contributed by atoms with E-state index >= 15 is 0 Å². The van der Waals surface area contributed by atoms with Crippen molar-refractivity contribution in [2.24, 2.45) is 7.05 Å². The molecular formula is C22H20N2O2. The molecule has 1 aromatic heterocycles. The minimum Gasteiger partial charge on any atom is -0.461 e. The first-order valence-electron chi connectivity index (χ1n) is 8.47. The van der Waals surface area contributed by atoms with Gasteiger partial charge < -0.3 is 9.30 Å². The van der Waals surface area contributed by atoms with E-state index in [0.717, 1.165) is 11.1 Å². The largest absolute Gasteiger partial charge is 0.461 e. The van der Waals surface area contributed by atoms with Crippen molar-refractivity contribution in [1.82, 2.24) is 4.57 Å². The van der Waals surface area contributed by atoms with Crippen LogP contribution in [0.2, 0.25) is 0 Å². The lowest BCUT2D eigenvalue weighted by Gasteiger charge is -2.10. The van der Waals surface area contributed by atoms with E-state index in [0.29, 0.717) is 23.6 Å². The maximum atomic E-state index is 12.4. The van der Waals surface area contributed by atoms with Gasteiger partial charge in [0.2, 0.25) is 5.69 Å². The number of rotatable bonds is 4. The third-order valence-electron chi connectivity index (χ3n) is 4.38. The van der Waals surface area contributed by atoms with E-state index in [1.165, 1.54) is 11.1 Å². The van der Waals surface area contributed by atoms with Crippen molar-refractivity contribution in [3.8, 4) is 22.3 Å². The van der Waals surface area contributed by atoms with Gasteiger partial charge in [-0.25, -0.2) is 9.64 Å². The Kier molecular flexibility index (Phi) is 4.90. The van der Waals surface area contributed by atoms with Gasteiger partial charge in [0.15, 0.2) is 0 Å². The molecule has 0 N–H and O–H groups in total. The van der Waals surface area contributed by atoms with E-state index in [9.17, 15) is 4.79 Å². The monoisotopic (exact) mass is 344 g/mol. The molecule has 0 unspecified atom stereocenters. The molecule has 3 aromatic rings. The van der Waals surface area contributed by atoms with Crippen LogP contribution in [0.25, 0.3) is 27.1 Å². The van der Waals surface area contributed by atoms with Crippen LogP contribution in [0.3, 0.4) is 0 Å². The fourth-order valence-electron chi connectivity index (χ4n) is 3.14. The predicted octanol–water partition coefficient (Wildman–Crippen LogP) is 5.40. The SMILES string of the molecule is [C-]#[N+]c1cn(C)c(C(=O)OCC)c1-c1ccc(-c2ccccc2C)cc1. The van der Waals surface area contributed by atoms with Crippen LogP contribution in [0.5, 0.6) is 0 Å². The second kappa shape index (κ2) is 7.28. The number of carbonyl (C=O) groups is 1. The van der Waals surface area contributed by atoms with Crippen molar-refractivity contribution >= 4 is 11.7 Å². The highest BCUT2D eigenvalue weighted by molar-refractivity contribution is 6.00. The van der Waals surface area contributed by atoms with Crippen LogP contribution in [0, 0.1) is 13.5 Å². The Labute approximate surface area is 153 Å². The van der Waals surface area contributed by atoms with E-state index in [1.807, 2.05) is 36.4 Å². The summed E-state index contributed by atoms with van der Waals surface area (Å²) < 4.78 is 6.84. The zero-order valence-electron chi connectivity index (χ0n) is 15.1. The van der Waals surface area contributed by atoms with E-state index < -0.39 is 5.97 Å². The molecule has 1 heterocycles. The molecule has 0 fully saturated rings. The van der Waals surface area contributed by atoms with Crippen molar-refractivity contribution in [3.05, 3.63) is 77.4 Å². The number of aromatic nitrogens is 1. The molecule has 4 heteroatoms. The lowest BCUT2D eigenvalue weighted by molar-refractivity contribution is 0.0516. The summed E-state index contributed by atoms with van der Waals surface area (Å²) in [7, 11) is 1.76. The first kappa shape index (κ1) is 17.5. The molecule has 0 aliphatic carbocycles. The third kappa shape index (κ3) is 3.12. The van der Waals surface area contributed by atoms with Crippen LogP contribution in [0.15, 0.2) is 54.7 Å². The number of benzene rings is 2. The average molecular weight is 344 g/mol. The fraction of sp³-hybridized carbons (Fsp3) is 0.182. The molecule has 0 amide bonds. The highest BCUT2D eigenvalue weighted by Crippen LogP contribution is 2.37. The van der Waals surface area contributed by atoms with E-state index in [4.69, 9.17) is 11.3 Å². The second-order valence-corrected chi connectivity index (χ2v) is 6.07. The molecule has 0 radical (unpaired) electrons. The topological polar surface area (TPSA) is 35.6 Å². The van der Waals surface area contributed by atoms with Gasteiger partial charge in [-0.1, -0.05) is 48.5 Å². The molecule has 0 aliphatic heterocycles. The van der Waals surface area contributed by atoms with Gasteiger partial charge in [-0.15, -0.1) is 0 Å². The van der Waals surface area contributed by atoms with Crippen molar-refractivity contribution in [3.63, 3.8) is 0 Å². The number of hydrogen-bond donors (Lipinski definition) is 0. The smallest absolute Gasteiger partial charge is 0.354 e. The lowest BCUT2D eigenvalue weighted by atomic mass is 9.97. The second-order valence-electron chi connectivity index (χ2n) is 6.07. The Hall–Kier alpha value is -3.32. The molecule has 0 aliphatic rings. The summed E-state index contributed by atoms with van der Waals surface area (Å²) in [4.78, 5) is 16.0. The number of esters is 1. The Morgan fingerprint density at radius 1 is 1.12 bits per heavy atom. The van der Waals surface area contributed by atoms with E-state index in [-0.39, 0.29) is 0 Å². The van der Waals surface area contributed by atoms with Gasteiger partial charge in [0.1, 0.15) is 5.69 Å². The number of carbonyl (C=O) groups excluding carboxylic acids is 1. The number of nitrogens with zero attached hydrogens (tertiary/aromatic N) is 2. The molecule has 0 spiro atoms. The van der Waals surface area contributed by atoms with Gasteiger partial charge in [0.05, 0.1) is 13.2 Å². The molecule has 2 aromatic carbocycles. The summed E-state index contributed by atoms with van der Waals surface area (Å²) >= 11 is 0. The predicted molar refractivity (Wildman–Crippen MR) is 103 cm³/mol. The van der Waals surface area contributed by atoms with Crippen LogP contribution in [-0.2, 0) is 11.8 Å². The van der Waals surface area contributed by atoms with Crippen LogP contribution < -0.4 is 0 Å². The maximum absolute atomic E-state index is 12.4. The lowest BCUT2D eigenvalue weighted by Crippen LogP contribution is -2.10. The summed E-state index contributed by atoms with van der Waals surface area (Å²) in [6, 6.07) is 16.1. The minimum atomic E-state index is -0.414. The van der Waals surface area contributed by atoms with Gasteiger partial charge in [-0.3, -0.25) is 0 Å². The summed E-state index contributed by atoms with van der Waals surface area (Å²) in [5.74, 6) is -0.414. The standard InChI is InChI=1S/C22H20N2O2/c1-5-26-22(25)21-20(19(23-3)14-24(21)4)17-12-10-16(11-13-17)18-9-7-6-8-15(18)2/h6-14H,5H2,1-2,4H3. The highest BCUT2D eigenvalue weighted by atomic mass is 16.5. The molecule has 26 heavy (non-hydrogen) atoms. The van der Waals surface area contributed by atoms with Crippen LogP contribution >= 0.6 is 0 Å². The molecule has 0 atom stereocenters.